The number of anilines is 1. The van der Waals surface area contributed by atoms with Gasteiger partial charge in [0.25, 0.3) is 0 Å². The highest BCUT2D eigenvalue weighted by molar-refractivity contribution is 6.74. The van der Waals surface area contributed by atoms with E-state index in [1.165, 1.54) is 6.21 Å². The molecule has 2 rings (SSSR count). The zero-order valence-electron chi connectivity index (χ0n) is 22.3. The van der Waals surface area contributed by atoms with Gasteiger partial charge in [-0.05, 0) is 54.2 Å². The van der Waals surface area contributed by atoms with Gasteiger partial charge in [-0.15, -0.1) is 0 Å². The van der Waals surface area contributed by atoms with Gasteiger partial charge in [-0.1, -0.05) is 34.6 Å². The van der Waals surface area contributed by atoms with Crippen LogP contribution in [0.4, 0.5) is 5.82 Å². The molecule has 0 saturated carbocycles. The summed E-state index contributed by atoms with van der Waals surface area (Å²) in [6.07, 6.45) is 8.17. The number of rotatable bonds is 10. The van der Waals surface area contributed by atoms with Crippen LogP contribution in [-0.4, -0.2) is 38.2 Å². The minimum absolute atomic E-state index is 0.130. The molecule has 9 heteroatoms. The van der Waals surface area contributed by atoms with Gasteiger partial charge in [-0.25, -0.2) is 4.98 Å². The summed E-state index contributed by atoms with van der Waals surface area (Å²) in [6.45, 7) is 15.9. The fourth-order valence-electron chi connectivity index (χ4n) is 3.08. The Kier molecular flexibility index (Phi) is 8.86. The highest BCUT2D eigenvalue weighted by Gasteiger charge is 2.38. The van der Waals surface area contributed by atoms with Gasteiger partial charge >= 0.3 is 0 Å². The van der Waals surface area contributed by atoms with Crippen LogP contribution in [0.15, 0.2) is 54.3 Å². The van der Waals surface area contributed by atoms with E-state index in [0.717, 1.165) is 16.7 Å². The van der Waals surface area contributed by atoms with Crippen LogP contribution in [0.2, 0.25) is 18.1 Å². The quantitative estimate of drug-likeness (QED) is 0.179. The molecule has 0 aliphatic rings. The lowest BCUT2D eigenvalue weighted by atomic mass is 9.85. The van der Waals surface area contributed by atoms with Crippen LogP contribution < -0.4 is 22.1 Å². The van der Waals surface area contributed by atoms with Crippen LogP contribution in [0.3, 0.4) is 0 Å². The minimum atomic E-state index is -1.89. The van der Waals surface area contributed by atoms with E-state index in [1.807, 2.05) is 24.3 Å². The summed E-state index contributed by atoms with van der Waals surface area (Å²) >= 11 is 0. The molecule has 0 radical (unpaired) electrons. The normalized spacial score (nSPS) is 14.2. The molecule has 0 spiro atoms. The first-order valence-corrected chi connectivity index (χ1v) is 14.6. The highest BCUT2D eigenvalue weighted by Crippen LogP contribution is 2.38. The molecule has 2 aromatic heterocycles. The molecule has 0 bridgehead atoms. The summed E-state index contributed by atoms with van der Waals surface area (Å²) in [4.78, 5) is 9.12. The van der Waals surface area contributed by atoms with Crippen molar-refractivity contribution < 1.29 is 4.43 Å². The second kappa shape index (κ2) is 11.0. The summed E-state index contributed by atoms with van der Waals surface area (Å²) in [7, 11) is -0.105. The third-order valence-electron chi connectivity index (χ3n) is 6.47. The third kappa shape index (κ3) is 7.16. The maximum atomic E-state index is 7.63. The maximum Gasteiger partial charge on any atom is 0.192 e. The number of hydrogen-bond acceptors (Lipinski definition) is 8. The van der Waals surface area contributed by atoms with E-state index < -0.39 is 8.32 Å². The van der Waals surface area contributed by atoms with E-state index in [4.69, 9.17) is 21.3 Å². The summed E-state index contributed by atoms with van der Waals surface area (Å²) in [6, 6.07) is 5.60. The van der Waals surface area contributed by atoms with Crippen molar-refractivity contribution in [2.75, 3.05) is 19.0 Å². The van der Waals surface area contributed by atoms with Crippen molar-refractivity contribution in [3.8, 4) is 0 Å². The maximum absolute atomic E-state index is 7.63. The van der Waals surface area contributed by atoms with E-state index in [2.05, 4.69) is 68.3 Å². The van der Waals surface area contributed by atoms with Crippen LogP contribution in [0.1, 0.15) is 40.2 Å². The van der Waals surface area contributed by atoms with E-state index in [-0.39, 0.29) is 10.5 Å². The van der Waals surface area contributed by atoms with Crippen molar-refractivity contribution in [1.82, 2.24) is 15.3 Å². The molecule has 8 nitrogen and oxygen atoms in total. The summed E-state index contributed by atoms with van der Waals surface area (Å²) < 4.78 is 6.45. The monoisotopic (exact) mass is 495 g/mol. The Balaban J connectivity index is 2.24. The Morgan fingerprint density at radius 3 is 2.43 bits per heavy atom. The lowest BCUT2D eigenvalue weighted by molar-refractivity contribution is 0.196. The standard InChI is InChI=1S/C26H41N7OSi/c1-25(2,3)35(7,8)34-17-26(4,5)20(14-28)12-23(29)33-24-10-9-21-22(32-24)11-18(16-31-21)19(13-27)15-30-6/h9-16,27,30H,17,28-29H2,1-8H3,(H,32,33)/b19-15+,20-14+,23-12+,27-13?. The number of fused-ring (bicyclic) bond motifs is 1. The largest absolute Gasteiger partial charge is 0.416 e. The molecule has 2 heterocycles. The van der Waals surface area contributed by atoms with Gasteiger partial charge in [-0.3, -0.25) is 4.98 Å². The molecular weight excluding hydrogens is 454 g/mol. The Morgan fingerprint density at radius 2 is 1.86 bits per heavy atom. The molecule has 7 N–H and O–H groups in total. The number of nitrogens with zero attached hydrogens (tertiary/aromatic N) is 2. The predicted molar refractivity (Wildman–Crippen MR) is 150 cm³/mol. The average Bonchev–Trinajstić information content (AvgIpc) is 2.78. The van der Waals surface area contributed by atoms with Crippen LogP contribution in [0, 0.1) is 10.8 Å². The fourth-order valence-corrected chi connectivity index (χ4v) is 4.23. The van der Waals surface area contributed by atoms with Gasteiger partial charge in [0.15, 0.2) is 8.32 Å². The average molecular weight is 496 g/mol. The van der Waals surface area contributed by atoms with E-state index in [9.17, 15) is 0 Å². The van der Waals surface area contributed by atoms with Crippen molar-refractivity contribution in [1.29, 1.82) is 5.41 Å². The number of nitrogens with one attached hydrogen (secondary N) is 3. The Bertz CT molecular complexity index is 1140. The zero-order valence-corrected chi connectivity index (χ0v) is 23.3. The Morgan fingerprint density at radius 1 is 1.17 bits per heavy atom. The summed E-state index contributed by atoms with van der Waals surface area (Å²) in [5.41, 5.74) is 15.8. The number of aromatic nitrogens is 2. The molecule has 0 unspecified atom stereocenters. The van der Waals surface area contributed by atoms with Crippen LogP contribution in [0.5, 0.6) is 0 Å². The number of hydrogen-bond donors (Lipinski definition) is 5. The lowest BCUT2D eigenvalue weighted by Gasteiger charge is -2.39. The van der Waals surface area contributed by atoms with Crippen molar-refractivity contribution in [2.24, 2.45) is 16.9 Å². The lowest BCUT2D eigenvalue weighted by Crippen LogP contribution is -2.43. The van der Waals surface area contributed by atoms with E-state index >= 15 is 0 Å². The summed E-state index contributed by atoms with van der Waals surface area (Å²) in [5, 5.41) is 13.9. The van der Waals surface area contributed by atoms with Gasteiger partial charge < -0.3 is 31.9 Å². The van der Waals surface area contributed by atoms with Crippen molar-refractivity contribution in [3.05, 3.63) is 59.8 Å². The molecule has 0 aromatic carbocycles. The Labute approximate surface area is 210 Å². The molecule has 2 aromatic rings. The molecule has 0 aliphatic carbocycles. The van der Waals surface area contributed by atoms with Gasteiger partial charge in [0, 0.05) is 48.8 Å². The molecule has 0 fully saturated rings. The molecular formula is C26H41N7OSi. The van der Waals surface area contributed by atoms with Gasteiger partial charge in [0.2, 0.25) is 0 Å². The summed E-state index contributed by atoms with van der Waals surface area (Å²) in [5.74, 6) is 1.01. The van der Waals surface area contributed by atoms with E-state index in [1.54, 1.807) is 25.6 Å². The minimum Gasteiger partial charge on any atom is -0.416 e. The number of allylic oxidation sites excluding steroid dienone is 2. The molecule has 0 aliphatic heterocycles. The first-order chi connectivity index (χ1) is 16.2. The zero-order chi connectivity index (χ0) is 26.4. The smallest absolute Gasteiger partial charge is 0.192 e. The highest BCUT2D eigenvalue weighted by atomic mass is 28.4. The van der Waals surface area contributed by atoms with Crippen molar-refractivity contribution in [2.45, 2.75) is 52.8 Å². The first-order valence-electron chi connectivity index (χ1n) is 11.7. The van der Waals surface area contributed by atoms with Crippen molar-refractivity contribution >= 4 is 37.0 Å². The first kappa shape index (κ1) is 28.1. The Hall–Kier alpha value is -3.17. The second-order valence-electron chi connectivity index (χ2n) is 10.8. The number of nitrogens with two attached hydrogens (primary N) is 2. The van der Waals surface area contributed by atoms with Gasteiger partial charge in [-0.2, -0.15) is 0 Å². The van der Waals surface area contributed by atoms with Gasteiger partial charge in [0.1, 0.15) is 11.6 Å². The van der Waals surface area contributed by atoms with Crippen LogP contribution >= 0.6 is 0 Å². The fraction of sp³-hybridized carbons (Fsp3) is 0.423. The van der Waals surface area contributed by atoms with Crippen LogP contribution in [-0.2, 0) is 4.43 Å². The van der Waals surface area contributed by atoms with Gasteiger partial charge in [0.05, 0.1) is 11.0 Å². The molecule has 35 heavy (non-hydrogen) atoms. The predicted octanol–water partition coefficient (Wildman–Crippen LogP) is 4.94. The topological polar surface area (TPSA) is 135 Å². The molecule has 190 valence electrons. The van der Waals surface area contributed by atoms with E-state index in [0.29, 0.717) is 29.3 Å². The second-order valence-corrected chi connectivity index (χ2v) is 15.6. The molecule has 0 amide bonds. The van der Waals surface area contributed by atoms with Crippen LogP contribution in [0.25, 0.3) is 16.6 Å². The van der Waals surface area contributed by atoms with Crippen molar-refractivity contribution in [3.63, 3.8) is 0 Å². The molecule has 0 saturated heterocycles. The third-order valence-corrected chi connectivity index (χ3v) is 10.9. The SMILES string of the molecule is CN/C=C(\C=N)c1cnc2ccc(N/C(N)=C/C(=C\N)C(C)(C)CO[Si](C)(C)C(C)(C)C)nc2c1. The molecule has 0 atom stereocenters. The number of pyridine rings is 2.